The van der Waals surface area contributed by atoms with Crippen LogP contribution in [0.1, 0.15) is 21.5 Å². The van der Waals surface area contributed by atoms with Crippen LogP contribution in [0.25, 0.3) is 11.3 Å². The Kier molecular flexibility index (Phi) is 1.66. The number of rotatable bonds is 0. The predicted molar refractivity (Wildman–Crippen MR) is 58.6 cm³/mol. The molecule has 3 rings (SSSR count). The predicted octanol–water partition coefficient (Wildman–Crippen LogP) is 2.16. The monoisotopic (exact) mass is 212 g/mol. The number of aryl methyl sites for hydroxylation is 1. The van der Waals surface area contributed by atoms with Crippen molar-refractivity contribution in [2.45, 2.75) is 6.92 Å². The molecule has 0 bridgehead atoms. The summed E-state index contributed by atoms with van der Waals surface area (Å²) in [7, 11) is 0. The van der Waals surface area contributed by atoms with Gasteiger partial charge in [-0.15, -0.1) is 0 Å². The minimum absolute atomic E-state index is 0.168. The van der Waals surface area contributed by atoms with Crippen LogP contribution in [-0.4, -0.2) is 5.78 Å². The fourth-order valence-corrected chi connectivity index (χ4v) is 1.98. The highest BCUT2D eigenvalue weighted by Crippen LogP contribution is 2.34. The first-order chi connectivity index (χ1) is 7.70. The Labute approximate surface area is 91.3 Å². The molecule has 0 unspecified atom stereocenters. The second kappa shape index (κ2) is 2.92. The maximum Gasteiger partial charge on any atom is 0.201 e. The van der Waals surface area contributed by atoms with E-state index in [0.717, 1.165) is 0 Å². The molecule has 0 N–H and O–H groups in total. The second-order valence-corrected chi connectivity index (χ2v) is 3.83. The average molecular weight is 212 g/mol. The molecular formula is C13H8O3. The molecule has 78 valence electrons. The molecule has 0 spiro atoms. The lowest BCUT2D eigenvalue weighted by molar-refractivity contribution is 0.104. The van der Waals surface area contributed by atoms with E-state index in [1.807, 2.05) is 6.07 Å². The zero-order valence-electron chi connectivity index (χ0n) is 8.61. The zero-order chi connectivity index (χ0) is 11.3. The topological polar surface area (TPSA) is 47.3 Å². The highest BCUT2D eigenvalue weighted by molar-refractivity contribution is 6.20. The number of carbonyl (C=O) groups excluding carboxylic acids is 1. The summed E-state index contributed by atoms with van der Waals surface area (Å²) in [6.45, 7) is 1.64. The van der Waals surface area contributed by atoms with Gasteiger partial charge in [0.25, 0.3) is 0 Å². The summed E-state index contributed by atoms with van der Waals surface area (Å²) in [5, 5.41) is 0. The molecule has 1 aliphatic carbocycles. The molecule has 3 heteroatoms. The van der Waals surface area contributed by atoms with Crippen molar-refractivity contribution in [3.8, 4) is 11.3 Å². The Morgan fingerprint density at radius 2 is 1.75 bits per heavy atom. The molecule has 0 saturated carbocycles. The van der Waals surface area contributed by atoms with E-state index in [0.29, 0.717) is 22.5 Å². The number of hydrogen-bond donors (Lipinski definition) is 0. The zero-order valence-corrected chi connectivity index (χ0v) is 8.61. The van der Waals surface area contributed by atoms with Gasteiger partial charge < -0.3 is 4.42 Å². The first kappa shape index (κ1) is 9.09. The van der Waals surface area contributed by atoms with Gasteiger partial charge in [-0.05, 0) is 6.92 Å². The maximum atomic E-state index is 12.0. The highest BCUT2D eigenvalue weighted by Gasteiger charge is 2.31. The Hall–Kier alpha value is -2.16. The van der Waals surface area contributed by atoms with Crippen molar-refractivity contribution in [3.63, 3.8) is 0 Å². The lowest BCUT2D eigenvalue weighted by Gasteiger charge is -1.97. The average Bonchev–Trinajstić information content (AvgIpc) is 2.59. The molecule has 0 saturated heterocycles. The number of hydrogen-bond acceptors (Lipinski definition) is 3. The SMILES string of the molecule is Cc1coc2c(c1=O)C(=O)c1ccccc1-2. The lowest BCUT2D eigenvalue weighted by atomic mass is 10.1. The standard InChI is InChI=1S/C13H8O3/c1-7-6-16-13-9-5-3-2-4-8(9)12(15)10(13)11(7)14/h2-6H,1H3. The first-order valence-corrected chi connectivity index (χ1v) is 4.96. The molecule has 1 aliphatic rings. The molecule has 0 aliphatic heterocycles. The van der Waals surface area contributed by atoms with Gasteiger partial charge >= 0.3 is 0 Å². The van der Waals surface area contributed by atoms with Crippen LogP contribution in [0.5, 0.6) is 0 Å². The second-order valence-electron chi connectivity index (χ2n) is 3.83. The van der Waals surface area contributed by atoms with Crippen molar-refractivity contribution in [2.24, 2.45) is 0 Å². The van der Waals surface area contributed by atoms with E-state index in [1.165, 1.54) is 6.26 Å². The van der Waals surface area contributed by atoms with Crippen LogP contribution < -0.4 is 5.43 Å². The Morgan fingerprint density at radius 3 is 2.50 bits per heavy atom. The van der Waals surface area contributed by atoms with Crippen molar-refractivity contribution in [1.29, 1.82) is 0 Å². The summed E-state index contributed by atoms with van der Waals surface area (Å²) in [4.78, 5) is 23.9. The van der Waals surface area contributed by atoms with Crippen molar-refractivity contribution in [1.82, 2.24) is 0 Å². The smallest absolute Gasteiger partial charge is 0.201 e. The van der Waals surface area contributed by atoms with E-state index in [2.05, 4.69) is 0 Å². The maximum absolute atomic E-state index is 12.0. The summed E-state index contributed by atoms with van der Waals surface area (Å²) >= 11 is 0. The van der Waals surface area contributed by atoms with E-state index >= 15 is 0 Å². The summed E-state index contributed by atoms with van der Waals surface area (Å²) in [6, 6.07) is 7.10. The van der Waals surface area contributed by atoms with Crippen molar-refractivity contribution >= 4 is 5.78 Å². The van der Waals surface area contributed by atoms with Gasteiger partial charge in [-0.2, -0.15) is 0 Å². The van der Waals surface area contributed by atoms with E-state index < -0.39 is 0 Å². The normalized spacial score (nSPS) is 12.4. The van der Waals surface area contributed by atoms with Gasteiger partial charge in [-0.1, -0.05) is 24.3 Å². The van der Waals surface area contributed by atoms with Crippen molar-refractivity contribution in [2.75, 3.05) is 0 Å². The molecule has 3 nitrogen and oxygen atoms in total. The lowest BCUT2D eigenvalue weighted by Crippen LogP contribution is -2.14. The first-order valence-electron chi connectivity index (χ1n) is 4.96. The molecule has 1 aromatic heterocycles. The number of ketones is 1. The molecule has 0 atom stereocenters. The molecule has 1 aromatic carbocycles. The van der Waals surface area contributed by atoms with Crippen molar-refractivity contribution in [3.05, 3.63) is 57.4 Å². The van der Waals surface area contributed by atoms with Gasteiger partial charge in [0.2, 0.25) is 5.78 Å². The number of benzene rings is 1. The van der Waals surface area contributed by atoms with Crippen LogP contribution in [0, 0.1) is 6.92 Å². The molecule has 16 heavy (non-hydrogen) atoms. The van der Waals surface area contributed by atoms with Crippen LogP contribution in [0.2, 0.25) is 0 Å². The van der Waals surface area contributed by atoms with Gasteiger partial charge in [0.05, 0.1) is 6.26 Å². The third-order valence-corrected chi connectivity index (χ3v) is 2.81. The minimum atomic E-state index is -0.234. The van der Waals surface area contributed by atoms with Crippen LogP contribution in [-0.2, 0) is 0 Å². The molecular weight excluding hydrogens is 204 g/mol. The van der Waals surface area contributed by atoms with Crippen LogP contribution in [0.15, 0.2) is 39.7 Å². The quantitative estimate of drug-likeness (QED) is 0.573. The molecule has 1 heterocycles. The molecule has 0 radical (unpaired) electrons. The Balaban J connectivity index is 2.46. The van der Waals surface area contributed by atoms with Crippen LogP contribution in [0.4, 0.5) is 0 Å². The largest absolute Gasteiger partial charge is 0.463 e. The van der Waals surface area contributed by atoms with E-state index in [9.17, 15) is 9.59 Å². The Bertz CT molecular complexity index is 665. The fourth-order valence-electron chi connectivity index (χ4n) is 1.98. The summed E-state index contributed by atoms with van der Waals surface area (Å²) in [6.07, 6.45) is 1.40. The van der Waals surface area contributed by atoms with Crippen LogP contribution >= 0.6 is 0 Å². The van der Waals surface area contributed by atoms with Gasteiger partial charge in [-0.25, -0.2) is 0 Å². The molecule has 0 fully saturated rings. The highest BCUT2D eigenvalue weighted by atomic mass is 16.3. The van der Waals surface area contributed by atoms with E-state index in [4.69, 9.17) is 4.42 Å². The van der Waals surface area contributed by atoms with Crippen LogP contribution in [0.3, 0.4) is 0 Å². The van der Waals surface area contributed by atoms with Crippen molar-refractivity contribution < 1.29 is 9.21 Å². The fraction of sp³-hybridized carbons (Fsp3) is 0.0769. The van der Waals surface area contributed by atoms with E-state index in [-0.39, 0.29) is 16.8 Å². The van der Waals surface area contributed by atoms with Gasteiger partial charge in [-0.3, -0.25) is 9.59 Å². The van der Waals surface area contributed by atoms with Gasteiger partial charge in [0, 0.05) is 16.7 Å². The number of carbonyl (C=O) groups is 1. The minimum Gasteiger partial charge on any atom is -0.463 e. The third kappa shape index (κ3) is 0.972. The van der Waals surface area contributed by atoms with E-state index in [1.54, 1.807) is 25.1 Å². The molecule has 0 amide bonds. The molecule has 2 aromatic rings. The summed E-state index contributed by atoms with van der Waals surface area (Å²) < 4.78 is 5.36. The summed E-state index contributed by atoms with van der Waals surface area (Å²) in [5.41, 5.74) is 1.65. The third-order valence-electron chi connectivity index (χ3n) is 2.81. The summed E-state index contributed by atoms with van der Waals surface area (Å²) in [5.74, 6) is 0.166. The van der Waals surface area contributed by atoms with Gasteiger partial charge in [0.15, 0.2) is 5.43 Å². The number of fused-ring (bicyclic) bond motifs is 3. The van der Waals surface area contributed by atoms with Gasteiger partial charge in [0.1, 0.15) is 11.3 Å². The Morgan fingerprint density at radius 1 is 1.06 bits per heavy atom.